The Kier molecular flexibility index (Phi) is 7.42. The summed E-state index contributed by atoms with van der Waals surface area (Å²) < 4.78 is 25.9. The zero-order chi connectivity index (χ0) is 27.5. The summed E-state index contributed by atoms with van der Waals surface area (Å²) in [6.07, 6.45) is 1.36. The summed E-state index contributed by atoms with van der Waals surface area (Å²) in [5.74, 6) is -1.31. The number of carbonyl (C=O) groups is 3. The number of carbonyl (C=O) groups excluding carboxylic acids is 3. The molecule has 39 heavy (non-hydrogen) atoms. The molecule has 1 aliphatic rings. The second kappa shape index (κ2) is 11.1. The van der Waals surface area contributed by atoms with E-state index in [1.165, 1.54) is 18.2 Å². The topological polar surface area (TPSA) is 84.9 Å². The molecule has 0 unspecified atom stereocenters. The summed E-state index contributed by atoms with van der Waals surface area (Å²) in [4.78, 5) is 39.0. The molecule has 4 amide bonds. The van der Waals surface area contributed by atoms with Gasteiger partial charge in [-0.2, -0.15) is 0 Å². The Morgan fingerprint density at radius 3 is 2.41 bits per heavy atom. The van der Waals surface area contributed by atoms with E-state index in [1.54, 1.807) is 12.1 Å². The number of hydrogen-bond donors (Lipinski definition) is 1. The Labute approximate surface area is 232 Å². The molecule has 0 aromatic heterocycles. The van der Waals surface area contributed by atoms with Gasteiger partial charge in [-0.15, -0.1) is 0 Å². The van der Waals surface area contributed by atoms with Gasteiger partial charge in [-0.25, -0.2) is 14.1 Å². The highest BCUT2D eigenvalue weighted by atomic mass is 79.9. The van der Waals surface area contributed by atoms with Crippen LogP contribution in [0.15, 0.2) is 88.9 Å². The van der Waals surface area contributed by atoms with Gasteiger partial charge < -0.3 is 9.47 Å². The number of halogens is 2. The molecule has 0 aliphatic carbocycles. The van der Waals surface area contributed by atoms with E-state index in [0.29, 0.717) is 34.7 Å². The van der Waals surface area contributed by atoms with Crippen LogP contribution in [0.4, 0.5) is 14.9 Å². The Hall–Kier alpha value is -4.50. The smallest absolute Gasteiger partial charge is 0.335 e. The van der Waals surface area contributed by atoms with Gasteiger partial charge >= 0.3 is 6.03 Å². The van der Waals surface area contributed by atoms with Gasteiger partial charge in [0.1, 0.15) is 18.0 Å². The number of ether oxygens (including phenoxy) is 2. The zero-order valence-electron chi connectivity index (χ0n) is 20.7. The van der Waals surface area contributed by atoms with Crippen molar-refractivity contribution in [2.24, 2.45) is 0 Å². The molecule has 1 heterocycles. The average Bonchev–Trinajstić information content (AvgIpc) is 2.92. The first-order valence-corrected chi connectivity index (χ1v) is 12.9. The van der Waals surface area contributed by atoms with Gasteiger partial charge in [0.25, 0.3) is 11.8 Å². The van der Waals surface area contributed by atoms with Gasteiger partial charge in [-0.3, -0.25) is 14.9 Å². The summed E-state index contributed by atoms with van der Waals surface area (Å²) in [6.45, 7) is 2.48. The maximum atomic E-state index is 13.4. The van der Waals surface area contributed by atoms with Crippen LogP contribution < -0.4 is 19.7 Å². The predicted molar refractivity (Wildman–Crippen MR) is 149 cm³/mol. The van der Waals surface area contributed by atoms with Crippen molar-refractivity contribution in [1.29, 1.82) is 0 Å². The molecule has 1 saturated heterocycles. The van der Waals surface area contributed by atoms with Crippen LogP contribution >= 0.6 is 15.9 Å². The molecule has 196 valence electrons. The summed E-state index contributed by atoms with van der Waals surface area (Å²) >= 11 is 3.50. The van der Waals surface area contributed by atoms with E-state index < -0.39 is 23.7 Å². The number of barbiturate groups is 1. The van der Waals surface area contributed by atoms with Crippen molar-refractivity contribution >= 4 is 56.3 Å². The fourth-order valence-electron chi connectivity index (χ4n) is 4.25. The van der Waals surface area contributed by atoms with Crippen molar-refractivity contribution in [3.63, 3.8) is 0 Å². The van der Waals surface area contributed by atoms with E-state index in [2.05, 4.69) is 21.2 Å². The molecule has 0 atom stereocenters. The normalized spacial score (nSPS) is 14.6. The number of urea groups is 1. The molecule has 0 saturated carbocycles. The van der Waals surface area contributed by atoms with Crippen LogP contribution in [-0.4, -0.2) is 24.5 Å². The molecular weight excluding hydrogens is 567 g/mol. The second-order valence-electron chi connectivity index (χ2n) is 8.61. The van der Waals surface area contributed by atoms with Crippen molar-refractivity contribution in [3.05, 3.63) is 106 Å². The molecule has 1 N–H and O–H groups in total. The lowest BCUT2D eigenvalue weighted by atomic mass is 10.1. The minimum absolute atomic E-state index is 0.128. The van der Waals surface area contributed by atoms with E-state index >= 15 is 0 Å². The third-order valence-electron chi connectivity index (χ3n) is 6.11. The molecule has 4 aromatic carbocycles. The number of nitrogens with one attached hydrogen (secondary N) is 1. The van der Waals surface area contributed by atoms with E-state index in [4.69, 9.17) is 9.47 Å². The molecule has 0 spiro atoms. The van der Waals surface area contributed by atoms with E-state index in [1.807, 2.05) is 49.4 Å². The SMILES string of the molecule is CCOc1cc(/C=C2\C(=O)NC(=O)N(c3ccc(F)cc3)C2=O)c(Br)cc1OCc1cccc2ccccc12. The third-order valence-corrected chi connectivity index (χ3v) is 6.80. The molecular formula is C30H22BrFN2O5. The van der Waals surface area contributed by atoms with Crippen LogP contribution in [0.1, 0.15) is 18.1 Å². The number of benzene rings is 4. The van der Waals surface area contributed by atoms with Gasteiger partial charge in [0.15, 0.2) is 11.5 Å². The lowest BCUT2D eigenvalue weighted by molar-refractivity contribution is -0.122. The first-order valence-electron chi connectivity index (χ1n) is 12.1. The van der Waals surface area contributed by atoms with Gasteiger partial charge in [-0.1, -0.05) is 58.4 Å². The summed E-state index contributed by atoms with van der Waals surface area (Å²) in [5, 5.41) is 4.35. The van der Waals surface area contributed by atoms with Crippen molar-refractivity contribution in [2.75, 3.05) is 11.5 Å². The fourth-order valence-corrected chi connectivity index (χ4v) is 4.69. The van der Waals surface area contributed by atoms with Gasteiger partial charge in [0, 0.05) is 4.47 Å². The second-order valence-corrected chi connectivity index (χ2v) is 9.47. The fraction of sp³-hybridized carbons (Fsp3) is 0.100. The first kappa shape index (κ1) is 26.1. The Bertz CT molecular complexity index is 1630. The predicted octanol–water partition coefficient (Wildman–Crippen LogP) is 6.39. The number of hydrogen-bond acceptors (Lipinski definition) is 5. The Balaban J connectivity index is 1.46. The van der Waals surface area contributed by atoms with Crippen LogP contribution in [0, 0.1) is 5.82 Å². The van der Waals surface area contributed by atoms with Gasteiger partial charge in [0.2, 0.25) is 0 Å². The monoisotopic (exact) mass is 588 g/mol. The minimum atomic E-state index is -0.917. The number of rotatable bonds is 7. The lowest BCUT2D eigenvalue weighted by Gasteiger charge is -2.26. The molecule has 0 bridgehead atoms. The van der Waals surface area contributed by atoms with Crippen LogP contribution in [0.5, 0.6) is 11.5 Å². The average molecular weight is 589 g/mol. The highest BCUT2D eigenvalue weighted by Crippen LogP contribution is 2.36. The van der Waals surface area contributed by atoms with Crippen LogP contribution in [0.3, 0.4) is 0 Å². The standard InChI is InChI=1S/C30H22BrFN2O5/c1-2-38-26-15-20(14-24-28(35)33-30(37)34(29(24)36)22-12-10-21(32)11-13-22)25(31)16-27(26)39-17-19-8-5-7-18-6-3-4-9-23(18)19/h3-16H,2,17H2,1H3,(H,33,35,37)/b24-14+. The number of fused-ring (bicyclic) bond motifs is 1. The molecule has 9 heteroatoms. The molecule has 7 nitrogen and oxygen atoms in total. The molecule has 1 aliphatic heterocycles. The van der Waals surface area contributed by atoms with Gasteiger partial charge in [0.05, 0.1) is 12.3 Å². The maximum Gasteiger partial charge on any atom is 0.335 e. The molecule has 5 rings (SSSR count). The number of imide groups is 2. The van der Waals surface area contributed by atoms with E-state index in [9.17, 15) is 18.8 Å². The van der Waals surface area contributed by atoms with Crippen molar-refractivity contribution in [1.82, 2.24) is 5.32 Å². The molecule has 4 aromatic rings. The van der Waals surface area contributed by atoms with Crippen molar-refractivity contribution < 1.29 is 28.2 Å². The molecule has 1 fully saturated rings. The highest BCUT2D eigenvalue weighted by molar-refractivity contribution is 9.10. The van der Waals surface area contributed by atoms with Gasteiger partial charge in [-0.05, 0) is 71.3 Å². The minimum Gasteiger partial charge on any atom is -0.490 e. The lowest BCUT2D eigenvalue weighted by Crippen LogP contribution is -2.54. The van der Waals surface area contributed by atoms with Crippen molar-refractivity contribution in [2.45, 2.75) is 13.5 Å². The van der Waals surface area contributed by atoms with Crippen LogP contribution in [-0.2, 0) is 16.2 Å². The van der Waals surface area contributed by atoms with E-state index in [0.717, 1.165) is 33.4 Å². The highest BCUT2D eigenvalue weighted by Gasteiger charge is 2.37. The third kappa shape index (κ3) is 5.39. The van der Waals surface area contributed by atoms with Crippen LogP contribution in [0.2, 0.25) is 0 Å². The summed E-state index contributed by atoms with van der Waals surface area (Å²) in [7, 11) is 0. The summed E-state index contributed by atoms with van der Waals surface area (Å²) in [6, 6.07) is 21.3. The number of amides is 4. The zero-order valence-corrected chi connectivity index (χ0v) is 22.3. The summed E-state index contributed by atoms with van der Waals surface area (Å²) in [5.41, 5.74) is 1.32. The quantitative estimate of drug-likeness (QED) is 0.200. The van der Waals surface area contributed by atoms with Crippen molar-refractivity contribution in [3.8, 4) is 11.5 Å². The largest absolute Gasteiger partial charge is 0.490 e. The Morgan fingerprint density at radius 2 is 1.64 bits per heavy atom. The maximum absolute atomic E-state index is 13.4. The number of anilines is 1. The first-order chi connectivity index (χ1) is 18.9. The Morgan fingerprint density at radius 1 is 0.923 bits per heavy atom. The van der Waals surface area contributed by atoms with E-state index in [-0.39, 0.29) is 11.3 Å². The molecule has 0 radical (unpaired) electrons. The van der Waals surface area contributed by atoms with Crippen LogP contribution in [0.25, 0.3) is 16.8 Å². The number of nitrogens with zero attached hydrogens (tertiary/aromatic N) is 1.